The van der Waals surface area contributed by atoms with Crippen LogP contribution in [0.3, 0.4) is 0 Å². The van der Waals surface area contributed by atoms with E-state index in [1.807, 2.05) is 6.07 Å². The molecule has 0 unspecified atom stereocenters. The van der Waals surface area contributed by atoms with Crippen molar-refractivity contribution < 1.29 is 4.74 Å². The number of benzene rings is 1. The molecule has 1 aliphatic heterocycles. The topological polar surface area (TPSA) is 66.4 Å². The van der Waals surface area contributed by atoms with Crippen LogP contribution >= 0.6 is 0 Å². The van der Waals surface area contributed by atoms with Gasteiger partial charge >= 0.3 is 0 Å². The zero-order chi connectivity index (χ0) is 15.9. The molecule has 1 N–H and O–H groups in total. The lowest BCUT2D eigenvalue weighted by molar-refractivity contribution is 0.210. The largest absolute Gasteiger partial charge is 0.383 e. The van der Waals surface area contributed by atoms with E-state index in [0.717, 1.165) is 32.0 Å². The average Bonchev–Trinajstić information content (AvgIpc) is 2.63. The van der Waals surface area contributed by atoms with Gasteiger partial charge in [-0.3, -0.25) is 0 Å². The molecular formula is C16H22N6O. The molecule has 122 valence electrons. The van der Waals surface area contributed by atoms with E-state index in [-0.39, 0.29) is 0 Å². The van der Waals surface area contributed by atoms with E-state index >= 15 is 0 Å². The Balaban J connectivity index is 1.58. The Morgan fingerprint density at radius 2 is 1.83 bits per heavy atom. The summed E-state index contributed by atoms with van der Waals surface area (Å²) < 4.78 is 5.02. The van der Waals surface area contributed by atoms with E-state index in [9.17, 15) is 0 Å². The first kappa shape index (κ1) is 15.5. The van der Waals surface area contributed by atoms with Crippen LogP contribution in [0, 0.1) is 0 Å². The molecular weight excluding hydrogens is 292 g/mol. The minimum absolute atomic E-state index is 0.634. The number of nitrogens with zero attached hydrogens (tertiary/aromatic N) is 5. The van der Waals surface area contributed by atoms with Gasteiger partial charge in [-0.15, -0.1) is 5.10 Å². The molecule has 2 aromatic rings. The van der Waals surface area contributed by atoms with Gasteiger partial charge in [-0.1, -0.05) is 18.2 Å². The standard InChI is InChI=1S/C16H22N6O/c1-23-12-7-17-15-13-18-20-16(19-15)22-10-8-21(9-11-22)14-5-3-2-4-6-14/h2-6,13H,7-12H2,1H3,(H,17,19,20). The number of anilines is 3. The summed E-state index contributed by atoms with van der Waals surface area (Å²) in [4.78, 5) is 9.09. The van der Waals surface area contributed by atoms with E-state index in [2.05, 4.69) is 54.6 Å². The summed E-state index contributed by atoms with van der Waals surface area (Å²) in [5.41, 5.74) is 1.26. The molecule has 1 fully saturated rings. The predicted molar refractivity (Wildman–Crippen MR) is 91.1 cm³/mol. The quantitative estimate of drug-likeness (QED) is 0.805. The minimum Gasteiger partial charge on any atom is -0.383 e. The van der Waals surface area contributed by atoms with Crippen LogP contribution in [0.4, 0.5) is 17.5 Å². The molecule has 0 atom stereocenters. The van der Waals surface area contributed by atoms with E-state index in [0.29, 0.717) is 19.1 Å². The second-order valence-electron chi connectivity index (χ2n) is 5.37. The van der Waals surface area contributed by atoms with Crippen LogP contribution in [0.2, 0.25) is 0 Å². The second kappa shape index (κ2) is 7.73. The van der Waals surface area contributed by atoms with Gasteiger partial charge in [0, 0.05) is 45.5 Å². The minimum atomic E-state index is 0.634. The Morgan fingerprint density at radius 3 is 2.57 bits per heavy atom. The highest BCUT2D eigenvalue weighted by Crippen LogP contribution is 2.18. The molecule has 1 aliphatic rings. The summed E-state index contributed by atoms with van der Waals surface area (Å²) in [5.74, 6) is 1.41. The third-order valence-electron chi connectivity index (χ3n) is 3.84. The molecule has 7 heteroatoms. The first-order valence-corrected chi connectivity index (χ1v) is 7.84. The first-order valence-electron chi connectivity index (χ1n) is 7.84. The van der Waals surface area contributed by atoms with Gasteiger partial charge in [0.25, 0.3) is 0 Å². The van der Waals surface area contributed by atoms with Crippen molar-refractivity contribution >= 4 is 17.5 Å². The molecule has 23 heavy (non-hydrogen) atoms. The van der Waals surface area contributed by atoms with Crippen molar-refractivity contribution in [1.82, 2.24) is 15.2 Å². The van der Waals surface area contributed by atoms with Gasteiger partial charge in [0.05, 0.1) is 12.8 Å². The van der Waals surface area contributed by atoms with Gasteiger partial charge in [-0.2, -0.15) is 10.1 Å². The van der Waals surface area contributed by atoms with Crippen LogP contribution in [-0.2, 0) is 4.74 Å². The number of ether oxygens (including phenoxy) is 1. The van der Waals surface area contributed by atoms with E-state index < -0.39 is 0 Å². The van der Waals surface area contributed by atoms with Crippen LogP contribution in [-0.4, -0.2) is 61.6 Å². The van der Waals surface area contributed by atoms with Crippen molar-refractivity contribution in [1.29, 1.82) is 0 Å². The molecule has 2 heterocycles. The van der Waals surface area contributed by atoms with Crippen LogP contribution in [0.5, 0.6) is 0 Å². The van der Waals surface area contributed by atoms with E-state index in [1.165, 1.54) is 5.69 Å². The Morgan fingerprint density at radius 1 is 1.09 bits per heavy atom. The Hall–Kier alpha value is -2.41. The molecule has 0 amide bonds. The van der Waals surface area contributed by atoms with Crippen molar-refractivity contribution in [3.05, 3.63) is 36.5 Å². The van der Waals surface area contributed by atoms with E-state index in [4.69, 9.17) is 4.74 Å². The lowest BCUT2D eigenvalue weighted by Crippen LogP contribution is -2.47. The van der Waals surface area contributed by atoms with Crippen molar-refractivity contribution in [3.63, 3.8) is 0 Å². The fourth-order valence-corrected chi connectivity index (χ4v) is 2.60. The zero-order valence-corrected chi connectivity index (χ0v) is 13.4. The fraction of sp³-hybridized carbons (Fsp3) is 0.438. The molecule has 0 aliphatic carbocycles. The fourth-order valence-electron chi connectivity index (χ4n) is 2.60. The van der Waals surface area contributed by atoms with E-state index in [1.54, 1.807) is 13.3 Å². The molecule has 7 nitrogen and oxygen atoms in total. The molecule has 0 spiro atoms. The second-order valence-corrected chi connectivity index (χ2v) is 5.37. The molecule has 0 saturated carbocycles. The highest BCUT2D eigenvalue weighted by molar-refractivity contribution is 5.48. The van der Waals surface area contributed by atoms with Gasteiger partial charge in [-0.05, 0) is 12.1 Å². The predicted octanol–water partition coefficient (Wildman–Crippen LogP) is 1.26. The number of aromatic nitrogens is 3. The third-order valence-corrected chi connectivity index (χ3v) is 3.84. The molecule has 0 bridgehead atoms. The smallest absolute Gasteiger partial charge is 0.247 e. The Labute approximate surface area is 136 Å². The van der Waals surface area contributed by atoms with Crippen LogP contribution in [0.15, 0.2) is 36.5 Å². The van der Waals surface area contributed by atoms with Gasteiger partial charge in [0.2, 0.25) is 5.95 Å². The lowest BCUT2D eigenvalue weighted by Gasteiger charge is -2.35. The maximum Gasteiger partial charge on any atom is 0.247 e. The summed E-state index contributed by atoms with van der Waals surface area (Å²) >= 11 is 0. The number of para-hydroxylation sites is 1. The molecule has 1 aromatic heterocycles. The SMILES string of the molecule is COCCNc1cnnc(N2CCN(c3ccccc3)CC2)n1. The van der Waals surface area contributed by atoms with Crippen LogP contribution < -0.4 is 15.1 Å². The number of hydrogen-bond donors (Lipinski definition) is 1. The number of nitrogens with one attached hydrogen (secondary N) is 1. The van der Waals surface area contributed by atoms with Crippen molar-refractivity contribution in [2.75, 3.05) is 61.6 Å². The normalized spacial score (nSPS) is 14.8. The van der Waals surface area contributed by atoms with Gasteiger partial charge < -0.3 is 19.9 Å². The molecule has 1 saturated heterocycles. The van der Waals surface area contributed by atoms with Gasteiger partial charge in [0.1, 0.15) is 0 Å². The van der Waals surface area contributed by atoms with Crippen molar-refractivity contribution in [2.24, 2.45) is 0 Å². The number of methoxy groups -OCH3 is 1. The summed E-state index contributed by atoms with van der Waals surface area (Å²) in [6.45, 7) is 5.02. The van der Waals surface area contributed by atoms with Crippen LogP contribution in [0.1, 0.15) is 0 Å². The number of hydrogen-bond acceptors (Lipinski definition) is 7. The molecule has 1 aromatic carbocycles. The Kier molecular flexibility index (Phi) is 5.21. The lowest BCUT2D eigenvalue weighted by atomic mass is 10.2. The van der Waals surface area contributed by atoms with Crippen LogP contribution in [0.25, 0.3) is 0 Å². The van der Waals surface area contributed by atoms with Crippen molar-refractivity contribution in [3.8, 4) is 0 Å². The molecule has 0 radical (unpaired) electrons. The monoisotopic (exact) mass is 314 g/mol. The first-order chi connectivity index (χ1) is 11.4. The maximum absolute atomic E-state index is 5.02. The summed E-state index contributed by atoms with van der Waals surface area (Å²) in [7, 11) is 1.68. The van der Waals surface area contributed by atoms with Gasteiger partial charge in [-0.25, -0.2) is 0 Å². The van der Waals surface area contributed by atoms with Crippen molar-refractivity contribution in [2.45, 2.75) is 0 Å². The summed E-state index contributed by atoms with van der Waals surface area (Å²) in [6, 6.07) is 10.5. The van der Waals surface area contributed by atoms with Gasteiger partial charge in [0.15, 0.2) is 5.82 Å². The molecule has 3 rings (SSSR count). The number of piperazine rings is 1. The highest BCUT2D eigenvalue weighted by Gasteiger charge is 2.19. The Bertz CT molecular complexity index is 601. The summed E-state index contributed by atoms with van der Waals surface area (Å²) in [5, 5.41) is 11.4. The maximum atomic E-state index is 5.02. The zero-order valence-electron chi connectivity index (χ0n) is 13.4. The highest BCUT2D eigenvalue weighted by atomic mass is 16.5. The average molecular weight is 314 g/mol. The third kappa shape index (κ3) is 4.07. The number of rotatable bonds is 6. The summed E-state index contributed by atoms with van der Waals surface area (Å²) in [6.07, 6.45) is 1.64.